The molecule has 18 heavy (non-hydrogen) atoms. The minimum Gasteiger partial charge on any atom is -0.381 e. The summed E-state index contributed by atoms with van der Waals surface area (Å²) in [6.07, 6.45) is 0. The highest BCUT2D eigenvalue weighted by atomic mass is 79.9. The molecule has 0 aliphatic heterocycles. The Hall–Kier alpha value is -1.06. The second kappa shape index (κ2) is 5.72. The molecule has 0 aliphatic carbocycles. The predicted molar refractivity (Wildman–Crippen MR) is 77.6 cm³/mol. The monoisotopic (exact) mass is 327 g/mol. The van der Waals surface area contributed by atoms with Crippen molar-refractivity contribution in [3.63, 3.8) is 0 Å². The Balaban J connectivity index is 2.13. The van der Waals surface area contributed by atoms with E-state index in [4.69, 9.17) is 11.6 Å². The van der Waals surface area contributed by atoms with Crippen LogP contribution < -0.4 is 5.32 Å². The molecule has 0 atom stereocenters. The summed E-state index contributed by atoms with van der Waals surface area (Å²) in [4.78, 5) is 0. The van der Waals surface area contributed by atoms with Crippen molar-refractivity contribution in [2.24, 2.45) is 0 Å². The maximum absolute atomic E-state index is 13.5. The van der Waals surface area contributed by atoms with Gasteiger partial charge in [-0.15, -0.1) is 0 Å². The van der Waals surface area contributed by atoms with Crippen LogP contribution in [0.4, 0.5) is 10.1 Å². The van der Waals surface area contributed by atoms with Gasteiger partial charge in [0, 0.05) is 27.3 Å². The van der Waals surface area contributed by atoms with E-state index in [1.54, 1.807) is 12.1 Å². The average molecular weight is 329 g/mol. The quantitative estimate of drug-likeness (QED) is 0.820. The topological polar surface area (TPSA) is 12.0 Å². The lowest BCUT2D eigenvalue weighted by molar-refractivity contribution is 0.613. The molecule has 0 spiro atoms. The highest BCUT2D eigenvalue weighted by Crippen LogP contribution is 2.22. The smallest absolute Gasteiger partial charge is 0.128 e. The lowest BCUT2D eigenvalue weighted by Gasteiger charge is -2.10. The van der Waals surface area contributed by atoms with Crippen molar-refractivity contribution in [1.82, 2.24) is 0 Å². The average Bonchev–Trinajstić information content (AvgIpc) is 2.32. The van der Waals surface area contributed by atoms with Gasteiger partial charge >= 0.3 is 0 Å². The molecule has 1 N–H and O–H groups in total. The van der Waals surface area contributed by atoms with E-state index in [0.29, 0.717) is 17.1 Å². The van der Waals surface area contributed by atoms with E-state index in [2.05, 4.69) is 21.2 Å². The molecule has 0 aliphatic rings. The van der Waals surface area contributed by atoms with Gasteiger partial charge in [-0.2, -0.15) is 0 Å². The first-order chi connectivity index (χ1) is 8.56. The zero-order chi connectivity index (χ0) is 13.1. The van der Waals surface area contributed by atoms with Gasteiger partial charge in [0.2, 0.25) is 0 Å². The largest absolute Gasteiger partial charge is 0.381 e. The number of halogens is 3. The minimum absolute atomic E-state index is 0.248. The van der Waals surface area contributed by atoms with Crippen LogP contribution in [0.5, 0.6) is 0 Å². The van der Waals surface area contributed by atoms with E-state index in [1.807, 2.05) is 25.1 Å². The van der Waals surface area contributed by atoms with Crippen molar-refractivity contribution in [3.8, 4) is 0 Å². The van der Waals surface area contributed by atoms with Gasteiger partial charge < -0.3 is 5.32 Å². The summed E-state index contributed by atoms with van der Waals surface area (Å²) < 4.78 is 14.6. The van der Waals surface area contributed by atoms with Gasteiger partial charge in [-0.05, 0) is 48.9 Å². The molecule has 0 aromatic heterocycles. The van der Waals surface area contributed by atoms with E-state index >= 15 is 0 Å². The second-order valence-corrected chi connectivity index (χ2v) is 5.40. The summed E-state index contributed by atoms with van der Waals surface area (Å²) in [6, 6.07) is 10.5. The van der Waals surface area contributed by atoms with Crippen LogP contribution in [0, 0.1) is 12.7 Å². The normalized spacial score (nSPS) is 10.4. The molecule has 0 fully saturated rings. The molecule has 0 saturated heterocycles. The Morgan fingerprint density at radius 1 is 1.22 bits per heavy atom. The lowest BCUT2D eigenvalue weighted by atomic mass is 10.1. The molecular weight excluding hydrogens is 317 g/mol. The first-order valence-corrected chi connectivity index (χ1v) is 6.67. The number of hydrogen-bond donors (Lipinski definition) is 1. The summed E-state index contributed by atoms with van der Waals surface area (Å²) in [6.45, 7) is 2.41. The summed E-state index contributed by atoms with van der Waals surface area (Å²) in [5.41, 5.74) is 2.65. The van der Waals surface area contributed by atoms with Gasteiger partial charge in [0.1, 0.15) is 5.82 Å². The van der Waals surface area contributed by atoms with Crippen LogP contribution in [-0.2, 0) is 6.54 Å². The first kappa shape index (κ1) is 13.4. The Morgan fingerprint density at radius 2 is 2.00 bits per heavy atom. The summed E-state index contributed by atoms with van der Waals surface area (Å²) in [5.74, 6) is -0.248. The fourth-order valence-corrected chi connectivity index (χ4v) is 2.36. The third-order valence-electron chi connectivity index (χ3n) is 2.67. The van der Waals surface area contributed by atoms with E-state index in [1.165, 1.54) is 6.07 Å². The van der Waals surface area contributed by atoms with Gasteiger partial charge in [-0.1, -0.05) is 27.5 Å². The van der Waals surface area contributed by atoms with Crippen molar-refractivity contribution in [1.29, 1.82) is 0 Å². The SMILES string of the molecule is Cc1cc(Br)ccc1NCc1cc(Cl)ccc1F. The Morgan fingerprint density at radius 3 is 2.72 bits per heavy atom. The number of anilines is 1. The zero-order valence-corrected chi connectivity index (χ0v) is 12.1. The number of nitrogens with one attached hydrogen (secondary N) is 1. The fourth-order valence-electron chi connectivity index (χ4n) is 1.69. The standard InChI is InChI=1S/C14H12BrClFN/c1-9-6-11(15)2-5-14(9)18-8-10-7-12(16)3-4-13(10)17/h2-7,18H,8H2,1H3. The third kappa shape index (κ3) is 3.24. The maximum Gasteiger partial charge on any atom is 0.128 e. The van der Waals surface area contributed by atoms with Crippen LogP contribution in [0.3, 0.4) is 0 Å². The van der Waals surface area contributed by atoms with Crippen LogP contribution in [-0.4, -0.2) is 0 Å². The first-order valence-electron chi connectivity index (χ1n) is 5.50. The van der Waals surface area contributed by atoms with Crippen LogP contribution in [0.15, 0.2) is 40.9 Å². The lowest BCUT2D eigenvalue weighted by Crippen LogP contribution is -2.03. The summed E-state index contributed by atoms with van der Waals surface area (Å²) >= 11 is 9.26. The third-order valence-corrected chi connectivity index (χ3v) is 3.39. The molecule has 0 radical (unpaired) electrons. The van der Waals surface area contributed by atoms with E-state index < -0.39 is 0 Å². The number of hydrogen-bond acceptors (Lipinski definition) is 1. The van der Waals surface area contributed by atoms with E-state index in [0.717, 1.165) is 15.7 Å². The molecule has 2 aromatic carbocycles. The van der Waals surface area contributed by atoms with Crippen LogP contribution in [0.1, 0.15) is 11.1 Å². The molecule has 2 rings (SSSR count). The summed E-state index contributed by atoms with van der Waals surface area (Å²) in [5, 5.41) is 3.75. The molecular formula is C14H12BrClFN. The van der Waals surface area contributed by atoms with Crippen molar-refractivity contribution in [2.45, 2.75) is 13.5 Å². The number of rotatable bonds is 3. The highest BCUT2D eigenvalue weighted by molar-refractivity contribution is 9.10. The van der Waals surface area contributed by atoms with Gasteiger partial charge in [-0.25, -0.2) is 4.39 Å². The highest BCUT2D eigenvalue weighted by Gasteiger charge is 2.04. The van der Waals surface area contributed by atoms with Crippen molar-refractivity contribution >= 4 is 33.2 Å². The maximum atomic E-state index is 13.5. The minimum atomic E-state index is -0.248. The van der Waals surface area contributed by atoms with Crippen molar-refractivity contribution < 1.29 is 4.39 Å². The van der Waals surface area contributed by atoms with Crippen LogP contribution in [0.2, 0.25) is 5.02 Å². The fraction of sp³-hybridized carbons (Fsp3) is 0.143. The molecule has 0 bridgehead atoms. The zero-order valence-electron chi connectivity index (χ0n) is 9.81. The van der Waals surface area contributed by atoms with E-state index in [9.17, 15) is 4.39 Å². The van der Waals surface area contributed by atoms with Crippen LogP contribution in [0.25, 0.3) is 0 Å². The molecule has 94 valence electrons. The van der Waals surface area contributed by atoms with E-state index in [-0.39, 0.29) is 5.82 Å². The summed E-state index contributed by atoms with van der Waals surface area (Å²) in [7, 11) is 0. The van der Waals surface area contributed by atoms with Gasteiger partial charge in [0.05, 0.1) is 0 Å². The van der Waals surface area contributed by atoms with Gasteiger partial charge in [-0.3, -0.25) is 0 Å². The Kier molecular flexibility index (Phi) is 4.25. The number of aryl methyl sites for hydroxylation is 1. The predicted octanol–water partition coefficient (Wildman–Crippen LogP) is 5.16. The Labute approximate surface area is 119 Å². The molecule has 0 unspecified atom stereocenters. The number of benzene rings is 2. The Bertz CT molecular complexity index is 572. The molecule has 0 heterocycles. The molecule has 0 saturated carbocycles. The van der Waals surface area contributed by atoms with Gasteiger partial charge in [0.15, 0.2) is 0 Å². The van der Waals surface area contributed by atoms with Gasteiger partial charge in [0.25, 0.3) is 0 Å². The second-order valence-electron chi connectivity index (χ2n) is 4.05. The molecule has 0 amide bonds. The molecule has 2 aromatic rings. The van der Waals surface area contributed by atoms with Crippen LogP contribution >= 0.6 is 27.5 Å². The molecule has 1 nitrogen and oxygen atoms in total. The van der Waals surface area contributed by atoms with Crippen molar-refractivity contribution in [3.05, 3.63) is 62.8 Å². The molecule has 4 heteroatoms. The van der Waals surface area contributed by atoms with Crippen molar-refractivity contribution in [2.75, 3.05) is 5.32 Å².